The van der Waals surface area contributed by atoms with Crippen molar-refractivity contribution in [2.75, 3.05) is 7.05 Å². The molecule has 0 aliphatic carbocycles. The molecule has 2 heterocycles. The summed E-state index contributed by atoms with van der Waals surface area (Å²) in [7, 11) is 1.58. The molecule has 204 valence electrons. The van der Waals surface area contributed by atoms with Gasteiger partial charge in [0, 0.05) is 12.6 Å². The van der Waals surface area contributed by atoms with Gasteiger partial charge in [-0.2, -0.15) is 0 Å². The molecule has 0 spiro atoms. The van der Waals surface area contributed by atoms with Gasteiger partial charge in [0.25, 0.3) is 0 Å². The number of rotatable bonds is 8. The standard InChI is InChI=1S/C32H25N3O6/c1-33-28(36)23(18-19-10-4-2-5-11-19)30-35-24-16-8-14-21(26(24)39-30)29-34-25-17-9-15-22(27(25)40-29)32(38)41-31(37)20-12-6-3-7-13-20/h2-17,23,31,37H,18H2,1H3,(H,33,36). The fraction of sp³-hybridized carbons (Fsp3) is 0.125. The molecule has 2 aromatic heterocycles. The van der Waals surface area contributed by atoms with Crippen LogP contribution in [-0.2, 0) is 16.0 Å². The molecular formula is C32H25N3O6. The zero-order chi connectivity index (χ0) is 28.3. The molecule has 0 aliphatic rings. The zero-order valence-corrected chi connectivity index (χ0v) is 22.0. The van der Waals surface area contributed by atoms with Crippen molar-refractivity contribution < 1.29 is 28.3 Å². The topological polar surface area (TPSA) is 128 Å². The number of likely N-dealkylation sites (N-methyl/N-ethyl adjacent to an activating group) is 1. The van der Waals surface area contributed by atoms with Gasteiger partial charge in [-0.25, -0.2) is 14.8 Å². The third-order valence-electron chi connectivity index (χ3n) is 6.74. The normalized spacial score (nSPS) is 12.7. The maximum Gasteiger partial charge on any atom is 0.344 e. The molecule has 9 heteroatoms. The van der Waals surface area contributed by atoms with E-state index in [0.717, 1.165) is 5.56 Å². The summed E-state index contributed by atoms with van der Waals surface area (Å²) in [5.41, 5.74) is 3.61. The fourth-order valence-corrected chi connectivity index (χ4v) is 4.68. The van der Waals surface area contributed by atoms with E-state index in [1.807, 2.05) is 30.3 Å². The molecule has 6 rings (SSSR count). The van der Waals surface area contributed by atoms with Crippen LogP contribution in [0.15, 0.2) is 106 Å². The Morgan fingerprint density at radius 1 is 0.829 bits per heavy atom. The van der Waals surface area contributed by atoms with Crippen LogP contribution in [0.4, 0.5) is 0 Å². The minimum atomic E-state index is -1.44. The lowest BCUT2D eigenvalue weighted by Gasteiger charge is -2.12. The fourth-order valence-electron chi connectivity index (χ4n) is 4.68. The van der Waals surface area contributed by atoms with Gasteiger partial charge in [0.1, 0.15) is 22.5 Å². The van der Waals surface area contributed by atoms with Gasteiger partial charge < -0.3 is 24.0 Å². The number of hydrogen-bond acceptors (Lipinski definition) is 8. The number of hydrogen-bond donors (Lipinski definition) is 2. The maximum absolute atomic E-state index is 13.0. The lowest BCUT2D eigenvalue weighted by atomic mass is 9.98. The summed E-state index contributed by atoms with van der Waals surface area (Å²) in [6.45, 7) is 0. The molecule has 0 aliphatic heterocycles. The number of amides is 1. The van der Waals surface area contributed by atoms with Crippen molar-refractivity contribution in [3.05, 3.63) is 120 Å². The summed E-state index contributed by atoms with van der Waals surface area (Å²) >= 11 is 0. The number of carbonyl (C=O) groups is 2. The Hall–Kier alpha value is -5.28. The predicted octanol–water partition coefficient (Wildman–Crippen LogP) is 5.56. The Balaban J connectivity index is 1.35. The number of ether oxygens (including phenoxy) is 1. The van der Waals surface area contributed by atoms with Crippen LogP contribution < -0.4 is 5.32 Å². The molecule has 2 atom stereocenters. The lowest BCUT2D eigenvalue weighted by molar-refractivity contribution is -0.122. The highest BCUT2D eigenvalue weighted by atomic mass is 16.6. The van der Waals surface area contributed by atoms with Gasteiger partial charge in [0.2, 0.25) is 24.0 Å². The number of fused-ring (bicyclic) bond motifs is 2. The number of para-hydroxylation sites is 2. The summed E-state index contributed by atoms with van der Waals surface area (Å²) < 4.78 is 17.6. The second kappa shape index (κ2) is 11.1. The molecule has 6 aromatic rings. The number of benzene rings is 4. The quantitative estimate of drug-likeness (QED) is 0.187. The van der Waals surface area contributed by atoms with E-state index in [-0.39, 0.29) is 28.8 Å². The first-order valence-electron chi connectivity index (χ1n) is 13.0. The van der Waals surface area contributed by atoms with Crippen molar-refractivity contribution in [1.82, 2.24) is 15.3 Å². The average molecular weight is 548 g/mol. The monoisotopic (exact) mass is 547 g/mol. The molecule has 41 heavy (non-hydrogen) atoms. The van der Waals surface area contributed by atoms with Crippen molar-refractivity contribution in [3.8, 4) is 11.5 Å². The van der Waals surface area contributed by atoms with Crippen molar-refractivity contribution >= 4 is 34.1 Å². The van der Waals surface area contributed by atoms with Gasteiger partial charge in [-0.15, -0.1) is 0 Å². The largest absolute Gasteiger partial charge is 0.439 e. The van der Waals surface area contributed by atoms with Gasteiger partial charge in [-0.05, 0) is 36.2 Å². The van der Waals surface area contributed by atoms with Crippen LogP contribution in [0.1, 0.15) is 39.6 Å². The number of aliphatic hydroxyl groups excluding tert-OH is 1. The molecule has 0 saturated heterocycles. The van der Waals surface area contributed by atoms with Crippen LogP contribution in [0.3, 0.4) is 0 Å². The first kappa shape index (κ1) is 26.0. The van der Waals surface area contributed by atoms with E-state index in [1.165, 1.54) is 0 Å². The van der Waals surface area contributed by atoms with Crippen LogP contribution in [0.5, 0.6) is 0 Å². The number of aliphatic hydroxyl groups is 1. The SMILES string of the molecule is CNC(=O)C(Cc1ccccc1)c1nc2cccc(-c3nc4cccc(C(=O)OC(O)c5ccccc5)c4o3)c2o1. The third-order valence-corrected chi connectivity index (χ3v) is 6.74. The number of esters is 1. The Morgan fingerprint density at radius 2 is 1.51 bits per heavy atom. The summed E-state index contributed by atoms with van der Waals surface area (Å²) in [5, 5.41) is 13.1. The smallest absolute Gasteiger partial charge is 0.344 e. The second-order valence-corrected chi connectivity index (χ2v) is 9.40. The molecule has 4 aromatic carbocycles. The van der Waals surface area contributed by atoms with Crippen LogP contribution in [0.25, 0.3) is 33.7 Å². The third kappa shape index (κ3) is 5.18. The molecule has 2 N–H and O–H groups in total. The minimum absolute atomic E-state index is 0.115. The molecule has 0 radical (unpaired) electrons. The summed E-state index contributed by atoms with van der Waals surface area (Å²) in [4.78, 5) is 35.0. The molecule has 1 amide bonds. The second-order valence-electron chi connectivity index (χ2n) is 9.40. The molecular weight excluding hydrogens is 522 g/mol. The van der Waals surface area contributed by atoms with Crippen LogP contribution in [0, 0.1) is 0 Å². The van der Waals surface area contributed by atoms with E-state index in [9.17, 15) is 14.7 Å². The lowest BCUT2D eigenvalue weighted by Crippen LogP contribution is -2.27. The number of nitrogens with one attached hydrogen (secondary N) is 1. The van der Waals surface area contributed by atoms with Crippen molar-refractivity contribution in [2.45, 2.75) is 18.6 Å². The van der Waals surface area contributed by atoms with E-state index in [2.05, 4.69) is 15.3 Å². The first-order valence-corrected chi connectivity index (χ1v) is 13.0. The van der Waals surface area contributed by atoms with Crippen LogP contribution >= 0.6 is 0 Å². The van der Waals surface area contributed by atoms with E-state index >= 15 is 0 Å². The first-order chi connectivity index (χ1) is 20.0. The van der Waals surface area contributed by atoms with Gasteiger partial charge in [-0.3, -0.25) is 4.79 Å². The van der Waals surface area contributed by atoms with Gasteiger partial charge in [0.15, 0.2) is 11.2 Å². The molecule has 0 fully saturated rings. The number of nitrogens with zero attached hydrogens (tertiary/aromatic N) is 2. The summed E-state index contributed by atoms with van der Waals surface area (Å²) in [6.07, 6.45) is -1.03. The van der Waals surface area contributed by atoms with Gasteiger partial charge in [0.05, 0.1) is 5.56 Å². The van der Waals surface area contributed by atoms with E-state index in [4.69, 9.17) is 13.6 Å². The molecule has 0 saturated carbocycles. The highest BCUT2D eigenvalue weighted by Crippen LogP contribution is 2.34. The summed E-state index contributed by atoms with van der Waals surface area (Å²) in [5.74, 6) is -1.15. The molecule has 9 nitrogen and oxygen atoms in total. The Labute approximate surface area is 234 Å². The highest BCUT2D eigenvalue weighted by Gasteiger charge is 2.28. The van der Waals surface area contributed by atoms with Gasteiger partial charge >= 0.3 is 5.97 Å². The zero-order valence-electron chi connectivity index (χ0n) is 22.0. The molecule has 2 unspecified atom stereocenters. The predicted molar refractivity (Wildman–Crippen MR) is 151 cm³/mol. The number of carbonyl (C=O) groups excluding carboxylic acids is 2. The summed E-state index contributed by atoms with van der Waals surface area (Å²) in [6, 6.07) is 28.5. The van der Waals surface area contributed by atoms with Crippen molar-refractivity contribution in [1.29, 1.82) is 0 Å². The van der Waals surface area contributed by atoms with E-state index in [0.29, 0.717) is 34.2 Å². The van der Waals surface area contributed by atoms with Crippen LogP contribution in [0.2, 0.25) is 0 Å². The van der Waals surface area contributed by atoms with Crippen LogP contribution in [-0.4, -0.2) is 34.0 Å². The average Bonchev–Trinajstić information content (AvgIpc) is 3.65. The number of oxazole rings is 2. The number of aromatic nitrogens is 2. The maximum atomic E-state index is 13.0. The van der Waals surface area contributed by atoms with Crippen molar-refractivity contribution in [2.24, 2.45) is 0 Å². The Bertz CT molecular complexity index is 1850. The molecule has 0 bridgehead atoms. The van der Waals surface area contributed by atoms with Crippen molar-refractivity contribution in [3.63, 3.8) is 0 Å². The van der Waals surface area contributed by atoms with E-state index in [1.54, 1.807) is 73.8 Å². The Kier molecular flexibility index (Phi) is 7.01. The highest BCUT2D eigenvalue weighted by molar-refractivity contribution is 6.02. The van der Waals surface area contributed by atoms with E-state index < -0.39 is 18.2 Å². The minimum Gasteiger partial charge on any atom is -0.439 e. The van der Waals surface area contributed by atoms with Gasteiger partial charge in [-0.1, -0.05) is 72.8 Å². The Morgan fingerprint density at radius 3 is 2.24 bits per heavy atom.